The van der Waals surface area contributed by atoms with Crippen LogP contribution in [0.1, 0.15) is 22.8 Å². The number of carbonyl (C=O) groups is 3. The van der Waals surface area contributed by atoms with Crippen LogP contribution < -0.4 is 16.0 Å². The lowest BCUT2D eigenvalue weighted by atomic mass is 10.1. The van der Waals surface area contributed by atoms with Gasteiger partial charge >= 0.3 is 0 Å². The molecule has 0 bridgehead atoms. The van der Waals surface area contributed by atoms with Crippen molar-refractivity contribution >= 4 is 34.8 Å². The van der Waals surface area contributed by atoms with Crippen LogP contribution in [0.5, 0.6) is 0 Å². The van der Waals surface area contributed by atoms with Gasteiger partial charge in [-0.2, -0.15) is 0 Å². The third-order valence-corrected chi connectivity index (χ3v) is 4.64. The SMILES string of the molecule is CC(=O)Nc1cccc(NCC(=O)Nc2cccc(C(=O)N(C)Cc3ccccc3)c2)c1. The number of benzene rings is 3. The lowest BCUT2D eigenvalue weighted by Gasteiger charge is -2.18. The van der Waals surface area contributed by atoms with E-state index < -0.39 is 0 Å². The zero-order valence-electron chi connectivity index (χ0n) is 18.1. The van der Waals surface area contributed by atoms with Crippen molar-refractivity contribution in [2.24, 2.45) is 0 Å². The van der Waals surface area contributed by atoms with Gasteiger partial charge in [0.15, 0.2) is 0 Å². The van der Waals surface area contributed by atoms with Crippen molar-refractivity contribution in [3.63, 3.8) is 0 Å². The van der Waals surface area contributed by atoms with Crippen LogP contribution in [0.4, 0.5) is 17.1 Å². The molecule has 3 amide bonds. The second kappa shape index (κ2) is 10.8. The second-order valence-corrected chi connectivity index (χ2v) is 7.39. The molecule has 0 spiro atoms. The van der Waals surface area contributed by atoms with Crippen molar-refractivity contribution < 1.29 is 14.4 Å². The summed E-state index contributed by atoms with van der Waals surface area (Å²) >= 11 is 0. The zero-order chi connectivity index (χ0) is 22.9. The monoisotopic (exact) mass is 430 g/mol. The molecule has 0 unspecified atom stereocenters. The summed E-state index contributed by atoms with van der Waals surface area (Å²) < 4.78 is 0. The number of rotatable bonds is 8. The molecule has 7 nitrogen and oxygen atoms in total. The smallest absolute Gasteiger partial charge is 0.253 e. The number of amides is 3. The summed E-state index contributed by atoms with van der Waals surface area (Å²) in [6, 6.07) is 23.7. The number of hydrogen-bond donors (Lipinski definition) is 3. The van der Waals surface area contributed by atoms with E-state index in [0.717, 1.165) is 5.56 Å². The molecule has 0 aliphatic rings. The van der Waals surface area contributed by atoms with Crippen LogP contribution in [0.2, 0.25) is 0 Å². The van der Waals surface area contributed by atoms with Crippen LogP contribution in [-0.4, -0.2) is 36.2 Å². The predicted octanol–water partition coefficient (Wildman–Crippen LogP) is 3.97. The Bertz CT molecular complexity index is 1100. The van der Waals surface area contributed by atoms with Crippen LogP contribution in [0.15, 0.2) is 78.9 Å². The number of nitrogens with zero attached hydrogens (tertiary/aromatic N) is 1. The number of carbonyl (C=O) groups excluding carboxylic acids is 3. The van der Waals surface area contributed by atoms with E-state index in [9.17, 15) is 14.4 Å². The van der Waals surface area contributed by atoms with Gasteiger partial charge in [0.2, 0.25) is 11.8 Å². The highest BCUT2D eigenvalue weighted by molar-refractivity contribution is 5.98. The van der Waals surface area contributed by atoms with E-state index in [1.54, 1.807) is 60.5 Å². The maximum Gasteiger partial charge on any atom is 0.253 e. The topological polar surface area (TPSA) is 90.5 Å². The fourth-order valence-electron chi connectivity index (χ4n) is 3.18. The minimum atomic E-state index is -0.253. The Hall–Kier alpha value is -4.13. The number of hydrogen-bond acceptors (Lipinski definition) is 4. The van der Waals surface area contributed by atoms with E-state index in [0.29, 0.717) is 29.2 Å². The van der Waals surface area contributed by atoms with Crippen LogP contribution >= 0.6 is 0 Å². The summed E-state index contributed by atoms with van der Waals surface area (Å²) in [6.45, 7) is 1.97. The van der Waals surface area contributed by atoms with Gasteiger partial charge in [-0.1, -0.05) is 42.5 Å². The standard InChI is InChI=1S/C25H26N4O3/c1-18(30)27-23-13-7-11-21(15-23)26-16-24(31)28-22-12-6-10-20(14-22)25(32)29(2)17-19-8-4-3-5-9-19/h3-15,26H,16-17H2,1-2H3,(H,27,30)(H,28,31). The first-order valence-electron chi connectivity index (χ1n) is 10.2. The molecule has 0 radical (unpaired) electrons. The largest absolute Gasteiger partial charge is 0.376 e. The van der Waals surface area contributed by atoms with Crippen molar-refractivity contribution in [2.45, 2.75) is 13.5 Å². The molecule has 0 aromatic heterocycles. The van der Waals surface area contributed by atoms with E-state index >= 15 is 0 Å². The molecule has 3 aromatic carbocycles. The second-order valence-electron chi connectivity index (χ2n) is 7.39. The highest BCUT2D eigenvalue weighted by Gasteiger charge is 2.13. The molecule has 164 valence electrons. The Morgan fingerprint density at radius 1 is 0.781 bits per heavy atom. The first-order chi connectivity index (χ1) is 15.4. The van der Waals surface area contributed by atoms with Gasteiger partial charge in [0.05, 0.1) is 6.54 Å². The van der Waals surface area contributed by atoms with E-state index in [-0.39, 0.29) is 24.3 Å². The van der Waals surface area contributed by atoms with E-state index in [2.05, 4.69) is 16.0 Å². The average Bonchev–Trinajstić information content (AvgIpc) is 2.78. The maximum atomic E-state index is 12.8. The Morgan fingerprint density at radius 3 is 2.16 bits per heavy atom. The normalized spacial score (nSPS) is 10.2. The third kappa shape index (κ3) is 6.70. The number of anilines is 3. The van der Waals surface area contributed by atoms with Gasteiger partial charge in [-0.05, 0) is 42.0 Å². The first-order valence-corrected chi connectivity index (χ1v) is 10.2. The van der Waals surface area contributed by atoms with E-state index in [4.69, 9.17) is 0 Å². The van der Waals surface area contributed by atoms with Crippen molar-refractivity contribution in [3.8, 4) is 0 Å². The Kier molecular flexibility index (Phi) is 7.59. The molecule has 0 aliphatic heterocycles. The summed E-state index contributed by atoms with van der Waals surface area (Å²) in [4.78, 5) is 38.0. The molecule has 32 heavy (non-hydrogen) atoms. The summed E-state index contributed by atoms with van der Waals surface area (Å²) in [5.41, 5.74) is 3.44. The fourth-order valence-corrected chi connectivity index (χ4v) is 3.18. The van der Waals surface area contributed by atoms with Gasteiger partial charge in [-0.25, -0.2) is 0 Å². The van der Waals surface area contributed by atoms with Crippen molar-refractivity contribution in [1.29, 1.82) is 0 Å². The third-order valence-electron chi connectivity index (χ3n) is 4.64. The zero-order valence-corrected chi connectivity index (χ0v) is 18.1. The molecule has 3 aromatic rings. The summed E-state index contributed by atoms with van der Waals surface area (Å²) in [6.07, 6.45) is 0. The molecule has 0 aliphatic carbocycles. The summed E-state index contributed by atoms with van der Waals surface area (Å²) in [7, 11) is 1.75. The molecule has 3 N–H and O–H groups in total. The minimum Gasteiger partial charge on any atom is -0.376 e. The van der Waals surface area contributed by atoms with Crippen LogP contribution in [0.25, 0.3) is 0 Å². The van der Waals surface area contributed by atoms with Gasteiger partial charge in [0.25, 0.3) is 5.91 Å². The number of nitrogens with one attached hydrogen (secondary N) is 3. The average molecular weight is 431 g/mol. The van der Waals surface area contributed by atoms with E-state index in [1.165, 1.54) is 6.92 Å². The highest BCUT2D eigenvalue weighted by Crippen LogP contribution is 2.16. The lowest BCUT2D eigenvalue weighted by molar-refractivity contribution is -0.115. The molecule has 0 atom stereocenters. The van der Waals surface area contributed by atoms with Crippen molar-refractivity contribution in [2.75, 3.05) is 29.5 Å². The van der Waals surface area contributed by atoms with Gasteiger partial charge < -0.3 is 20.9 Å². The lowest BCUT2D eigenvalue weighted by Crippen LogP contribution is -2.26. The summed E-state index contributed by atoms with van der Waals surface area (Å²) in [5, 5.41) is 8.52. The highest BCUT2D eigenvalue weighted by atomic mass is 16.2. The maximum absolute atomic E-state index is 12.8. The fraction of sp³-hybridized carbons (Fsp3) is 0.160. The summed E-state index contributed by atoms with van der Waals surface area (Å²) in [5.74, 6) is -0.543. The van der Waals surface area contributed by atoms with E-state index in [1.807, 2.05) is 30.3 Å². The molecular weight excluding hydrogens is 404 g/mol. The molecular formula is C25H26N4O3. The van der Waals surface area contributed by atoms with Gasteiger partial charge in [-0.3, -0.25) is 14.4 Å². The Labute approximate surface area is 187 Å². The van der Waals surface area contributed by atoms with Gasteiger partial charge in [-0.15, -0.1) is 0 Å². The molecule has 0 heterocycles. The Morgan fingerprint density at radius 2 is 1.44 bits per heavy atom. The van der Waals surface area contributed by atoms with Crippen LogP contribution in [0, 0.1) is 0 Å². The molecule has 3 rings (SSSR count). The Balaban J connectivity index is 1.56. The predicted molar refractivity (Wildman–Crippen MR) is 127 cm³/mol. The minimum absolute atomic E-state index is 0.0373. The molecule has 0 saturated carbocycles. The van der Waals surface area contributed by atoms with Gasteiger partial charge in [0, 0.05) is 43.1 Å². The molecule has 0 fully saturated rings. The molecule has 0 saturated heterocycles. The first kappa shape index (κ1) is 22.6. The van der Waals surface area contributed by atoms with Crippen molar-refractivity contribution in [3.05, 3.63) is 90.0 Å². The van der Waals surface area contributed by atoms with Crippen LogP contribution in [-0.2, 0) is 16.1 Å². The van der Waals surface area contributed by atoms with Gasteiger partial charge in [0.1, 0.15) is 0 Å². The molecule has 7 heteroatoms. The van der Waals surface area contributed by atoms with Crippen LogP contribution in [0.3, 0.4) is 0 Å². The van der Waals surface area contributed by atoms with Crippen molar-refractivity contribution in [1.82, 2.24) is 4.90 Å². The quantitative estimate of drug-likeness (QED) is 0.504.